The van der Waals surface area contributed by atoms with Gasteiger partial charge in [0, 0.05) is 19.4 Å². The fraction of sp³-hybridized carbons (Fsp3) is 0.250. The second kappa shape index (κ2) is 8.98. The zero-order valence-corrected chi connectivity index (χ0v) is 19.2. The molecule has 1 amide bonds. The molecular weight excluding hydrogens is 489 g/mol. The first kappa shape index (κ1) is 24.1. The van der Waals surface area contributed by atoms with Gasteiger partial charge in [-0.05, 0) is 17.7 Å². The number of nitrogens with one attached hydrogen (secondary N) is 3. The summed E-state index contributed by atoms with van der Waals surface area (Å²) in [6.07, 6.45) is -1.64. The molecule has 1 aromatic carbocycles. The van der Waals surface area contributed by atoms with E-state index in [0.29, 0.717) is 17.6 Å². The van der Waals surface area contributed by atoms with Gasteiger partial charge in [0.1, 0.15) is 11.4 Å². The second-order valence-electron chi connectivity index (χ2n) is 7.58. The van der Waals surface area contributed by atoms with Gasteiger partial charge in [-0.15, -0.1) is 0 Å². The maximum Gasteiger partial charge on any atom is 0.421 e. The molecule has 0 radical (unpaired) electrons. The molecular formula is C20H19F3N8O3S. The number of carbonyl (C=O) groups excluding carboxylic acids is 1. The molecule has 0 aliphatic carbocycles. The van der Waals surface area contributed by atoms with E-state index in [1.165, 1.54) is 19.3 Å². The number of carbonyl (C=O) groups is 1. The molecule has 15 heteroatoms. The van der Waals surface area contributed by atoms with E-state index in [-0.39, 0.29) is 36.5 Å². The van der Waals surface area contributed by atoms with Crippen LogP contribution in [-0.4, -0.2) is 47.6 Å². The fourth-order valence-corrected chi connectivity index (χ4v) is 3.60. The van der Waals surface area contributed by atoms with Crippen molar-refractivity contribution in [1.29, 1.82) is 0 Å². The molecule has 0 spiro atoms. The van der Waals surface area contributed by atoms with Crippen LogP contribution in [0.25, 0.3) is 0 Å². The van der Waals surface area contributed by atoms with Gasteiger partial charge >= 0.3 is 6.18 Å². The van der Waals surface area contributed by atoms with Crippen molar-refractivity contribution >= 4 is 45.0 Å². The molecule has 0 fully saturated rings. The van der Waals surface area contributed by atoms with Crippen molar-refractivity contribution in [2.45, 2.75) is 19.1 Å². The largest absolute Gasteiger partial charge is 0.421 e. The van der Waals surface area contributed by atoms with Gasteiger partial charge in [-0.3, -0.25) is 4.79 Å². The molecule has 184 valence electrons. The number of anilines is 5. The van der Waals surface area contributed by atoms with Crippen LogP contribution in [0.4, 0.5) is 42.3 Å². The number of rotatable bonds is 7. The number of alkyl halides is 3. The summed E-state index contributed by atoms with van der Waals surface area (Å²) in [6.45, 7) is -0.205. The number of nitrogens with zero attached hydrogens (tertiary/aromatic N) is 5. The van der Waals surface area contributed by atoms with Crippen molar-refractivity contribution in [2.24, 2.45) is 0 Å². The van der Waals surface area contributed by atoms with E-state index >= 15 is 0 Å². The predicted octanol–water partition coefficient (Wildman–Crippen LogP) is 2.53. The summed E-state index contributed by atoms with van der Waals surface area (Å²) in [5.41, 5.74) is 0.818. The monoisotopic (exact) mass is 508 g/mol. The maximum atomic E-state index is 13.6. The highest BCUT2D eigenvalue weighted by molar-refractivity contribution is 7.92. The van der Waals surface area contributed by atoms with Crippen LogP contribution in [-0.2, 0) is 34.0 Å². The minimum atomic E-state index is -4.74. The Hall–Kier alpha value is -4.01. The third kappa shape index (κ3) is 5.40. The first-order valence-corrected chi connectivity index (χ1v) is 11.9. The van der Waals surface area contributed by atoms with E-state index in [9.17, 15) is 26.4 Å². The lowest BCUT2D eigenvalue weighted by atomic mass is 10.1. The van der Waals surface area contributed by atoms with Crippen LogP contribution < -0.4 is 20.3 Å². The Balaban J connectivity index is 1.60. The van der Waals surface area contributed by atoms with Crippen molar-refractivity contribution in [3.05, 3.63) is 53.5 Å². The van der Waals surface area contributed by atoms with Crippen molar-refractivity contribution in [3.63, 3.8) is 0 Å². The Morgan fingerprint density at radius 1 is 1.17 bits per heavy atom. The summed E-state index contributed by atoms with van der Waals surface area (Å²) in [7, 11) is -2.37. The molecule has 35 heavy (non-hydrogen) atoms. The minimum absolute atomic E-state index is 0.129. The van der Waals surface area contributed by atoms with E-state index < -0.39 is 27.6 Å². The van der Waals surface area contributed by atoms with Gasteiger partial charge in [0.25, 0.3) is 0 Å². The number of para-hydroxylation sites is 1. The SMILES string of the molecule is CN(c1nccc(CNc2nc(Nc3cccc4c3NC(=O)C4)ncc2C(F)(F)F)n1)S(C)(=O)=O. The van der Waals surface area contributed by atoms with Crippen LogP contribution in [0.1, 0.15) is 16.8 Å². The molecule has 4 rings (SSSR count). The molecule has 0 bridgehead atoms. The molecule has 1 aliphatic heterocycles. The van der Waals surface area contributed by atoms with Crippen LogP contribution >= 0.6 is 0 Å². The first-order valence-electron chi connectivity index (χ1n) is 10.0. The molecule has 3 aromatic rings. The number of fused-ring (bicyclic) bond motifs is 1. The Labute approximate surface area is 197 Å². The van der Waals surface area contributed by atoms with Gasteiger partial charge in [-0.1, -0.05) is 12.1 Å². The van der Waals surface area contributed by atoms with Crippen LogP contribution in [0.15, 0.2) is 36.7 Å². The summed E-state index contributed by atoms with van der Waals surface area (Å²) >= 11 is 0. The maximum absolute atomic E-state index is 13.6. The zero-order chi connectivity index (χ0) is 25.4. The predicted molar refractivity (Wildman–Crippen MR) is 122 cm³/mol. The van der Waals surface area contributed by atoms with Gasteiger partial charge in [0.05, 0.1) is 36.3 Å². The summed E-state index contributed by atoms with van der Waals surface area (Å²) < 4.78 is 65.0. The second-order valence-corrected chi connectivity index (χ2v) is 9.59. The molecule has 0 saturated heterocycles. The minimum Gasteiger partial charge on any atom is -0.364 e. The Kier molecular flexibility index (Phi) is 6.19. The van der Waals surface area contributed by atoms with Gasteiger partial charge in [0.15, 0.2) is 0 Å². The lowest BCUT2D eigenvalue weighted by Crippen LogP contribution is -2.27. The third-order valence-electron chi connectivity index (χ3n) is 5.02. The Morgan fingerprint density at radius 2 is 1.94 bits per heavy atom. The number of hydrogen-bond acceptors (Lipinski definition) is 9. The van der Waals surface area contributed by atoms with E-state index in [4.69, 9.17) is 0 Å². The number of benzene rings is 1. The summed E-state index contributed by atoms with van der Waals surface area (Å²) in [5, 5.41) is 8.12. The van der Waals surface area contributed by atoms with Crippen molar-refractivity contribution in [3.8, 4) is 0 Å². The Morgan fingerprint density at radius 3 is 2.66 bits per heavy atom. The standard InChI is InChI=1S/C20H19F3N8O3S/c1-31(35(2,33)34)19-24-7-6-12(27-19)9-25-17-13(20(21,22)23)10-26-18(30-17)28-14-5-3-4-11-8-15(32)29-16(11)14/h3-7,10H,8-9H2,1-2H3,(H,29,32)(H2,25,26,28,30). The van der Waals surface area contributed by atoms with Crippen LogP contribution in [0.5, 0.6) is 0 Å². The molecule has 1 aliphatic rings. The zero-order valence-electron chi connectivity index (χ0n) is 18.4. The first-order chi connectivity index (χ1) is 16.4. The average molecular weight is 508 g/mol. The lowest BCUT2D eigenvalue weighted by molar-refractivity contribution is -0.137. The van der Waals surface area contributed by atoms with E-state index in [0.717, 1.165) is 16.1 Å². The van der Waals surface area contributed by atoms with Crippen LogP contribution in [0, 0.1) is 0 Å². The smallest absolute Gasteiger partial charge is 0.364 e. The molecule has 2 aromatic heterocycles. The van der Waals surface area contributed by atoms with Gasteiger partial charge in [-0.2, -0.15) is 18.2 Å². The summed E-state index contributed by atoms with van der Waals surface area (Å²) in [5.74, 6) is -0.970. The van der Waals surface area contributed by atoms with Crippen molar-refractivity contribution < 1.29 is 26.4 Å². The highest BCUT2D eigenvalue weighted by Crippen LogP contribution is 2.36. The third-order valence-corrected chi connectivity index (χ3v) is 6.18. The molecule has 11 nitrogen and oxygen atoms in total. The molecule has 0 unspecified atom stereocenters. The van der Waals surface area contributed by atoms with Gasteiger partial charge < -0.3 is 16.0 Å². The molecule has 3 heterocycles. The average Bonchev–Trinajstić information content (AvgIpc) is 3.17. The number of halogens is 3. The van der Waals surface area contributed by atoms with Crippen LogP contribution in [0.2, 0.25) is 0 Å². The van der Waals surface area contributed by atoms with Crippen molar-refractivity contribution in [2.75, 3.05) is 33.6 Å². The quantitative estimate of drug-likeness (QED) is 0.439. The van der Waals surface area contributed by atoms with Crippen molar-refractivity contribution in [1.82, 2.24) is 19.9 Å². The molecule has 3 N–H and O–H groups in total. The molecule has 0 saturated carbocycles. The Bertz CT molecular complexity index is 1400. The van der Waals surface area contributed by atoms with Crippen LogP contribution in [0.3, 0.4) is 0 Å². The number of hydrogen-bond donors (Lipinski definition) is 3. The van der Waals surface area contributed by atoms with Gasteiger partial charge in [0.2, 0.25) is 27.8 Å². The fourth-order valence-electron chi connectivity index (χ4n) is 3.22. The summed E-state index contributed by atoms with van der Waals surface area (Å²) in [4.78, 5) is 27.4. The topological polar surface area (TPSA) is 142 Å². The number of sulfonamides is 1. The normalized spacial score (nSPS) is 13.2. The van der Waals surface area contributed by atoms with E-state index in [1.807, 2.05) is 0 Å². The van der Waals surface area contributed by atoms with Gasteiger partial charge in [-0.25, -0.2) is 27.7 Å². The molecule has 0 atom stereocenters. The highest BCUT2D eigenvalue weighted by Gasteiger charge is 2.35. The van der Waals surface area contributed by atoms with E-state index in [2.05, 4.69) is 35.9 Å². The summed E-state index contributed by atoms with van der Waals surface area (Å²) in [6, 6.07) is 6.52. The van der Waals surface area contributed by atoms with E-state index in [1.54, 1.807) is 18.2 Å². The number of amides is 1. The highest BCUT2D eigenvalue weighted by atomic mass is 32.2. The number of aromatic nitrogens is 4. The lowest BCUT2D eigenvalue weighted by Gasteiger charge is -2.17.